The molecule has 0 unspecified atom stereocenters. The number of carboxylic acids is 1. The van der Waals surface area contributed by atoms with Crippen molar-refractivity contribution in [2.75, 3.05) is 6.54 Å². The zero-order valence-corrected chi connectivity index (χ0v) is 14.6. The van der Waals surface area contributed by atoms with Gasteiger partial charge in [-0.05, 0) is 54.7 Å². The molecule has 0 aliphatic heterocycles. The van der Waals surface area contributed by atoms with Crippen LogP contribution in [0.25, 0.3) is 0 Å². The van der Waals surface area contributed by atoms with Crippen LogP contribution < -0.4 is 5.32 Å². The Morgan fingerprint density at radius 3 is 2.40 bits per heavy atom. The first-order valence-electron chi connectivity index (χ1n) is 8.38. The summed E-state index contributed by atoms with van der Waals surface area (Å²) in [4.78, 5) is 23.6. The predicted molar refractivity (Wildman–Crippen MR) is 97.1 cm³/mol. The van der Waals surface area contributed by atoms with E-state index in [0.717, 1.165) is 30.4 Å². The fraction of sp³-hybridized carbons (Fsp3) is 0.300. The van der Waals surface area contributed by atoms with Crippen LogP contribution in [-0.4, -0.2) is 23.5 Å². The molecule has 0 saturated heterocycles. The van der Waals surface area contributed by atoms with Gasteiger partial charge in [0.25, 0.3) is 0 Å². The summed E-state index contributed by atoms with van der Waals surface area (Å²) < 4.78 is 0. The quantitative estimate of drug-likeness (QED) is 0.825. The van der Waals surface area contributed by atoms with Crippen molar-refractivity contribution < 1.29 is 14.7 Å². The second-order valence-electron chi connectivity index (χ2n) is 6.45. The lowest BCUT2D eigenvalue weighted by Crippen LogP contribution is -2.49. The lowest BCUT2D eigenvalue weighted by atomic mass is 9.64. The van der Waals surface area contributed by atoms with Crippen LogP contribution in [-0.2, 0) is 16.6 Å². The Balaban J connectivity index is 1.60. The normalized spacial score (nSPS) is 15.2. The van der Waals surface area contributed by atoms with Gasteiger partial charge in [0, 0.05) is 11.6 Å². The Labute approximate surface area is 151 Å². The van der Waals surface area contributed by atoms with E-state index in [1.165, 1.54) is 0 Å². The molecule has 1 aliphatic rings. The molecule has 3 rings (SSSR count). The van der Waals surface area contributed by atoms with Crippen molar-refractivity contribution in [2.24, 2.45) is 0 Å². The summed E-state index contributed by atoms with van der Waals surface area (Å²) in [6, 6.07) is 14.3. The van der Waals surface area contributed by atoms with Crippen molar-refractivity contribution in [3.05, 3.63) is 70.2 Å². The molecule has 2 aromatic rings. The van der Waals surface area contributed by atoms with Crippen LogP contribution in [0.15, 0.2) is 48.5 Å². The van der Waals surface area contributed by atoms with E-state index in [9.17, 15) is 9.59 Å². The van der Waals surface area contributed by atoms with Gasteiger partial charge in [-0.15, -0.1) is 0 Å². The minimum atomic E-state index is -0.937. The molecule has 25 heavy (non-hydrogen) atoms. The molecule has 4 nitrogen and oxygen atoms in total. The highest BCUT2D eigenvalue weighted by Gasteiger charge is 2.45. The lowest BCUT2D eigenvalue weighted by Gasteiger charge is -2.40. The van der Waals surface area contributed by atoms with E-state index in [1.54, 1.807) is 24.3 Å². The highest BCUT2D eigenvalue weighted by Crippen LogP contribution is 2.44. The molecule has 1 amide bonds. The van der Waals surface area contributed by atoms with E-state index in [2.05, 4.69) is 5.32 Å². The first kappa shape index (κ1) is 17.5. The van der Waals surface area contributed by atoms with E-state index in [1.807, 2.05) is 24.3 Å². The molecule has 2 aromatic carbocycles. The highest BCUT2D eigenvalue weighted by atomic mass is 35.5. The molecule has 1 fully saturated rings. The summed E-state index contributed by atoms with van der Waals surface area (Å²) in [7, 11) is 0. The van der Waals surface area contributed by atoms with Gasteiger partial charge in [0.05, 0.1) is 11.0 Å². The van der Waals surface area contributed by atoms with Gasteiger partial charge in [-0.1, -0.05) is 42.3 Å². The number of amides is 1. The second kappa shape index (κ2) is 7.28. The monoisotopic (exact) mass is 357 g/mol. The van der Waals surface area contributed by atoms with Gasteiger partial charge in [-0.2, -0.15) is 0 Å². The van der Waals surface area contributed by atoms with Crippen LogP contribution in [0.4, 0.5) is 0 Å². The van der Waals surface area contributed by atoms with Crippen molar-refractivity contribution in [3.8, 4) is 0 Å². The minimum Gasteiger partial charge on any atom is -0.478 e. The zero-order chi connectivity index (χ0) is 17.9. The van der Waals surface area contributed by atoms with Crippen molar-refractivity contribution in [1.82, 2.24) is 5.32 Å². The summed E-state index contributed by atoms with van der Waals surface area (Å²) in [5, 5.41) is 12.6. The number of hydrogen-bond donors (Lipinski definition) is 2. The molecule has 0 aromatic heterocycles. The standard InChI is InChI=1S/C20H20ClNO3/c21-17-4-1-3-16(13-17)20(10-2-11-20)19(25)22-12-9-14-5-7-15(8-6-14)18(23)24/h1,3-8,13H,2,9-12H2,(H,22,25)(H,23,24). The fourth-order valence-electron chi connectivity index (χ4n) is 3.27. The maximum atomic E-state index is 12.8. The maximum Gasteiger partial charge on any atom is 0.335 e. The van der Waals surface area contributed by atoms with Crippen molar-refractivity contribution >= 4 is 23.5 Å². The van der Waals surface area contributed by atoms with Crippen LogP contribution in [0.1, 0.15) is 40.7 Å². The first-order chi connectivity index (χ1) is 12.0. The summed E-state index contributed by atoms with van der Waals surface area (Å²) in [6.07, 6.45) is 3.38. The third kappa shape index (κ3) is 3.69. The van der Waals surface area contributed by atoms with E-state index < -0.39 is 11.4 Å². The van der Waals surface area contributed by atoms with Crippen LogP contribution >= 0.6 is 11.6 Å². The van der Waals surface area contributed by atoms with Crippen LogP contribution in [0.5, 0.6) is 0 Å². The molecular formula is C20H20ClNO3. The Morgan fingerprint density at radius 2 is 1.84 bits per heavy atom. The average Bonchev–Trinajstić information content (AvgIpc) is 2.54. The van der Waals surface area contributed by atoms with Crippen molar-refractivity contribution in [2.45, 2.75) is 31.1 Å². The highest BCUT2D eigenvalue weighted by molar-refractivity contribution is 6.30. The van der Waals surface area contributed by atoms with Crippen LogP contribution in [0.2, 0.25) is 5.02 Å². The molecule has 2 N–H and O–H groups in total. The zero-order valence-electron chi connectivity index (χ0n) is 13.8. The number of aromatic carboxylic acids is 1. The third-order valence-corrected chi connectivity index (χ3v) is 5.15. The van der Waals surface area contributed by atoms with Gasteiger partial charge >= 0.3 is 5.97 Å². The molecule has 0 spiro atoms. The average molecular weight is 358 g/mol. The smallest absolute Gasteiger partial charge is 0.335 e. The summed E-state index contributed by atoms with van der Waals surface area (Å²) in [5.74, 6) is -0.892. The Morgan fingerprint density at radius 1 is 1.12 bits per heavy atom. The number of rotatable bonds is 6. The van der Waals surface area contributed by atoms with Crippen molar-refractivity contribution in [3.63, 3.8) is 0 Å². The molecule has 1 saturated carbocycles. The summed E-state index contributed by atoms with van der Waals surface area (Å²) in [6.45, 7) is 0.521. The molecule has 1 aliphatic carbocycles. The van der Waals surface area contributed by atoms with Gasteiger partial charge in [0.2, 0.25) is 5.91 Å². The number of carbonyl (C=O) groups excluding carboxylic acids is 1. The van der Waals surface area contributed by atoms with Gasteiger partial charge < -0.3 is 10.4 Å². The number of carboxylic acid groups (broad SMARTS) is 1. The number of hydrogen-bond acceptors (Lipinski definition) is 2. The van der Waals surface area contributed by atoms with Gasteiger partial charge in [0.1, 0.15) is 0 Å². The Kier molecular flexibility index (Phi) is 5.09. The summed E-state index contributed by atoms with van der Waals surface area (Å²) in [5.41, 5.74) is 1.78. The van der Waals surface area contributed by atoms with Crippen LogP contribution in [0, 0.1) is 0 Å². The predicted octanol–water partition coefficient (Wildman–Crippen LogP) is 3.82. The van der Waals surface area contributed by atoms with E-state index >= 15 is 0 Å². The summed E-state index contributed by atoms with van der Waals surface area (Å²) >= 11 is 6.08. The SMILES string of the molecule is O=C(O)c1ccc(CCNC(=O)C2(c3cccc(Cl)c3)CCC2)cc1. The van der Waals surface area contributed by atoms with Crippen LogP contribution in [0.3, 0.4) is 0 Å². The second-order valence-corrected chi connectivity index (χ2v) is 6.89. The van der Waals surface area contributed by atoms with E-state index in [-0.39, 0.29) is 11.5 Å². The Bertz CT molecular complexity index is 782. The van der Waals surface area contributed by atoms with E-state index in [0.29, 0.717) is 18.0 Å². The van der Waals surface area contributed by atoms with Crippen molar-refractivity contribution in [1.29, 1.82) is 0 Å². The molecule has 5 heteroatoms. The molecule has 0 radical (unpaired) electrons. The maximum absolute atomic E-state index is 12.8. The Hall–Kier alpha value is -2.33. The topological polar surface area (TPSA) is 66.4 Å². The molecule has 0 heterocycles. The fourth-order valence-corrected chi connectivity index (χ4v) is 3.46. The van der Waals surface area contributed by atoms with Gasteiger partial charge in [-0.3, -0.25) is 4.79 Å². The first-order valence-corrected chi connectivity index (χ1v) is 8.76. The van der Waals surface area contributed by atoms with Gasteiger partial charge in [0.15, 0.2) is 0 Å². The number of halogens is 1. The van der Waals surface area contributed by atoms with E-state index in [4.69, 9.17) is 16.7 Å². The number of nitrogens with one attached hydrogen (secondary N) is 1. The molecule has 130 valence electrons. The van der Waals surface area contributed by atoms with Gasteiger partial charge in [-0.25, -0.2) is 4.79 Å². The molecule has 0 bridgehead atoms. The minimum absolute atomic E-state index is 0.0446. The lowest BCUT2D eigenvalue weighted by molar-refractivity contribution is -0.129. The molecule has 0 atom stereocenters. The molecular weight excluding hydrogens is 338 g/mol. The number of carbonyl (C=O) groups is 2. The third-order valence-electron chi connectivity index (χ3n) is 4.92. The number of benzene rings is 2. The largest absolute Gasteiger partial charge is 0.478 e.